The number of aromatic nitrogens is 2. The Bertz CT molecular complexity index is 481. The van der Waals surface area contributed by atoms with Gasteiger partial charge in [0.05, 0.1) is 23.5 Å². The van der Waals surface area contributed by atoms with Crippen molar-refractivity contribution in [2.75, 3.05) is 18.1 Å². The summed E-state index contributed by atoms with van der Waals surface area (Å²) in [5.74, 6) is 0.914. The zero-order chi connectivity index (χ0) is 13.0. The van der Waals surface area contributed by atoms with E-state index in [4.69, 9.17) is 0 Å². The average molecular weight is 271 g/mol. The monoisotopic (exact) mass is 271 g/mol. The smallest absolute Gasteiger partial charge is 0.150 e. The van der Waals surface area contributed by atoms with E-state index in [9.17, 15) is 8.42 Å². The SMILES string of the molecule is CCCNCc1cncn1CC1CCS(=O)(=O)C1. The minimum absolute atomic E-state index is 0.245. The van der Waals surface area contributed by atoms with E-state index in [2.05, 4.69) is 21.8 Å². The number of rotatable bonds is 6. The molecule has 0 aromatic carbocycles. The van der Waals surface area contributed by atoms with Gasteiger partial charge < -0.3 is 9.88 Å². The highest BCUT2D eigenvalue weighted by molar-refractivity contribution is 7.91. The fourth-order valence-electron chi connectivity index (χ4n) is 2.35. The van der Waals surface area contributed by atoms with E-state index >= 15 is 0 Å². The molecule has 0 spiro atoms. The molecule has 1 unspecified atom stereocenters. The Balaban J connectivity index is 1.91. The normalized spacial score (nSPS) is 22.4. The molecule has 102 valence electrons. The van der Waals surface area contributed by atoms with Crippen molar-refractivity contribution < 1.29 is 8.42 Å². The molecule has 1 aromatic rings. The van der Waals surface area contributed by atoms with Crippen LogP contribution in [0.5, 0.6) is 0 Å². The van der Waals surface area contributed by atoms with Crippen LogP contribution in [0.15, 0.2) is 12.5 Å². The van der Waals surface area contributed by atoms with Crippen molar-refractivity contribution in [3.8, 4) is 0 Å². The molecule has 2 rings (SSSR count). The summed E-state index contributed by atoms with van der Waals surface area (Å²) in [5, 5.41) is 3.34. The summed E-state index contributed by atoms with van der Waals surface area (Å²) in [7, 11) is -2.78. The maximum absolute atomic E-state index is 11.4. The Kier molecular flexibility index (Phi) is 4.40. The van der Waals surface area contributed by atoms with Crippen molar-refractivity contribution >= 4 is 9.84 Å². The van der Waals surface area contributed by atoms with Gasteiger partial charge in [-0.25, -0.2) is 13.4 Å². The van der Waals surface area contributed by atoms with Crippen LogP contribution in [0.3, 0.4) is 0 Å². The van der Waals surface area contributed by atoms with Crippen LogP contribution in [0.25, 0.3) is 0 Å². The molecule has 2 heterocycles. The zero-order valence-corrected chi connectivity index (χ0v) is 11.6. The van der Waals surface area contributed by atoms with Gasteiger partial charge in [-0.3, -0.25) is 0 Å². The lowest BCUT2D eigenvalue weighted by Gasteiger charge is -2.12. The molecule has 1 saturated heterocycles. The molecule has 1 fully saturated rings. The fraction of sp³-hybridized carbons (Fsp3) is 0.750. The van der Waals surface area contributed by atoms with Gasteiger partial charge in [-0.2, -0.15) is 0 Å². The maximum Gasteiger partial charge on any atom is 0.150 e. The van der Waals surface area contributed by atoms with Gasteiger partial charge in [0.1, 0.15) is 0 Å². The van der Waals surface area contributed by atoms with Crippen LogP contribution in [0.1, 0.15) is 25.5 Å². The Morgan fingerprint density at radius 1 is 1.56 bits per heavy atom. The summed E-state index contributed by atoms with van der Waals surface area (Å²) in [5.41, 5.74) is 1.13. The molecule has 1 aliphatic rings. The predicted molar refractivity (Wildman–Crippen MR) is 71.0 cm³/mol. The van der Waals surface area contributed by atoms with Gasteiger partial charge in [0.2, 0.25) is 0 Å². The van der Waals surface area contributed by atoms with Gasteiger partial charge in [-0.15, -0.1) is 0 Å². The number of nitrogens with one attached hydrogen (secondary N) is 1. The van der Waals surface area contributed by atoms with E-state index in [1.807, 2.05) is 6.20 Å². The van der Waals surface area contributed by atoms with Gasteiger partial charge in [-0.1, -0.05) is 6.92 Å². The second kappa shape index (κ2) is 5.84. The van der Waals surface area contributed by atoms with Crippen LogP contribution in [0.2, 0.25) is 0 Å². The van der Waals surface area contributed by atoms with Crippen LogP contribution in [-0.4, -0.2) is 36.0 Å². The molecular weight excluding hydrogens is 250 g/mol. The van der Waals surface area contributed by atoms with Crippen LogP contribution < -0.4 is 5.32 Å². The molecule has 6 heteroatoms. The average Bonchev–Trinajstić information content (AvgIpc) is 2.87. The predicted octanol–water partition coefficient (Wildman–Crippen LogP) is 0.817. The first-order valence-corrected chi connectivity index (χ1v) is 8.33. The van der Waals surface area contributed by atoms with E-state index in [0.29, 0.717) is 11.5 Å². The first-order valence-electron chi connectivity index (χ1n) is 6.51. The number of sulfone groups is 1. The molecule has 1 aromatic heterocycles. The van der Waals surface area contributed by atoms with E-state index in [1.54, 1.807) is 6.33 Å². The van der Waals surface area contributed by atoms with Gasteiger partial charge in [-0.05, 0) is 25.3 Å². The van der Waals surface area contributed by atoms with E-state index in [0.717, 1.165) is 38.2 Å². The molecule has 5 nitrogen and oxygen atoms in total. The summed E-state index contributed by atoms with van der Waals surface area (Å²) in [6, 6.07) is 0. The van der Waals surface area contributed by atoms with Gasteiger partial charge in [0.25, 0.3) is 0 Å². The highest BCUT2D eigenvalue weighted by Crippen LogP contribution is 2.20. The van der Waals surface area contributed by atoms with Gasteiger partial charge >= 0.3 is 0 Å². The van der Waals surface area contributed by atoms with Crippen LogP contribution >= 0.6 is 0 Å². The van der Waals surface area contributed by atoms with Crippen LogP contribution in [-0.2, 0) is 22.9 Å². The molecule has 0 bridgehead atoms. The Labute approximate surface area is 109 Å². The van der Waals surface area contributed by atoms with Gasteiger partial charge in [0, 0.05) is 19.3 Å². The van der Waals surface area contributed by atoms with E-state index < -0.39 is 9.84 Å². The first kappa shape index (κ1) is 13.5. The quantitative estimate of drug-likeness (QED) is 0.778. The van der Waals surface area contributed by atoms with Crippen molar-refractivity contribution in [3.05, 3.63) is 18.2 Å². The lowest BCUT2D eigenvalue weighted by molar-refractivity contribution is 0.474. The van der Waals surface area contributed by atoms with Crippen LogP contribution in [0.4, 0.5) is 0 Å². The van der Waals surface area contributed by atoms with Crippen LogP contribution in [0, 0.1) is 5.92 Å². The number of imidazole rings is 1. The molecule has 0 aliphatic carbocycles. The number of nitrogens with zero attached hydrogens (tertiary/aromatic N) is 2. The maximum atomic E-state index is 11.4. The molecule has 18 heavy (non-hydrogen) atoms. The lowest BCUT2D eigenvalue weighted by Crippen LogP contribution is -2.19. The largest absolute Gasteiger partial charge is 0.333 e. The van der Waals surface area contributed by atoms with Crippen molar-refractivity contribution in [1.82, 2.24) is 14.9 Å². The van der Waals surface area contributed by atoms with E-state index in [-0.39, 0.29) is 5.92 Å². The highest BCUT2D eigenvalue weighted by Gasteiger charge is 2.28. The molecule has 0 amide bonds. The summed E-state index contributed by atoms with van der Waals surface area (Å²) in [6.07, 6.45) is 5.54. The summed E-state index contributed by atoms with van der Waals surface area (Å²) in [6.45, 7) is 4.69. The molecule has 0 radical (unpaired) electrons. The third-order valence-corrected chi connectivity index (χ3v) is 5.15. The van der Waals surface area contributed by atoms with Gasteiger partial charge in [0.15, 0.2) is 9.84 Å². The Morgan fingerprint density at radius 3 is 3.06 bits per heavy atom. The lowest BCUT2D eigenvalue weighted by atomic mass is 10.1. The van der Waals surface area contributed by atoms with Crippen molar-refractivity contribution in [2.24, 2.45) is 5.92 Å². The minimum Gasteiger partial charge on any atom is -0.333 e. The third kappa shape index (κ3) is 3.55. The summed E-state index contributed by atoms with van der Waals surface area (Å²) >= 11 is 0. The van der Waals surface area contributed by atoms with Crippen molar-refractivity contribution in [3.63, 3.8) is 0 Å². The molecule has 1 aliphatic heterocycles. The second-order valence-electron chi connectivity index (χ2n) is 4.98. The minimum atomic E-state index is -2.78. The number of hydrogen-bond acceptors (Lipinski definition) is 4. The van der Waals surface area contributed by atoms with Crippen molar-refractivity contribution in [1.29, 1.82) is 0 Å². The Hall–Kier alpha value is -0.880. The molecular formula is C12H21N3O2S. The van der Waals surface area contributed by atoms with E-state index in [1.165, 1.54) is 0 Å². The Morgan fingerprint density at radius 2 is 2.39 bits per heavy atom. The number of hydrogen-bond donors (Lipinski definition) is 1. The standard InChI is InChI=1S/C12H21N3O2S/c1-2-4-13-6-12-7-14-10-15(12)8-11-3-5-18(16,17)9-11/h7,10-11,13H,2-6,8-9H2,1H3. The summed E-state index contributed by atoms with van der Waals surface area (Å²) < 4.78 is 24.9. The zero-order valence-electron chi connectivity index (χ0n) is 10.8. The molecule has 1 N–H and O–H groups in total. The fourth-order valence-corrected chi connectivity index (χ4v) is 4.20. The summed E-state index contributed by atoms with van der Waals surface area (Å²) in [4.78, 5) is 4.15. The topological polar surface area (TPSA) is 64.0 Å². The molecule has 1 atom stereocenters. The first-order chi connectivity index (χ1) is 8.61. The van der Waals surface area contributed by atoms with Crippen molar-refractivity contribution in [2.45, 2.75) is 32.9 Å². The molecule has 0 saturated carbocycles. The second-order valence-corrected chi connectivity index (χ2v) is 7.21. The highest BCUT2D eigenvalue weighted by atomic mass is 32.2. The third-order valence-electron chi connectivity index (χ3n) is 3.31.